The van der Waals surface area contributed by atoms with Crippen LogP contribution in [0.15, 0.2) is 0 Å². The van der Waals surface area contributed by atoms with E-state index in [1.165, 1.54) is 6.92 Å². The molecule has 1 saturated heterocycles. The van der Waals surface area contributed by atoms with E-state index in [4.69, 9.17) is 22.3 Å². The van der Waals surface area contributed by atoms with Crippen molar-refractivity contribution >= 4 is 41.4 Å². The first-order valence-electron chi connectivity index (χ1n) is 12.5. The van der Waals surface area contributed by atoms with Crippen LogP contribution in [0.25, 0.3) is 0 Å². The number of carbonyl (C=O) groups is 7. The lowest BCUT2D eigenvalue weighted by molar-refractivity contribution is -0.145. The summed E-state index contributed by atoms with van der Waals surface area (Å²) in [6, 6.07) is -5.94. The minimum atomic E-state index is -1.48. The number of nitrogens with one attached hydrogen (secondary N) is 3. The standard InChI is InChI=1S/C23H39N7O8/c1-4-11(2)18(26)21(35)28-13(7-8-16(24)31)19(33)29-14(10-17(25)32)22(36)30-9-5-6-15(30)20(34)27-12(3)23(37)38/h11-15,18H,4-10,26H2,1-3H3,(H2,24,31)(H2,25,32)(H,27,34)(H,28,35)(H,29,33)(H,37,38)/t11-,12-,13-,14-,15-,18-/m0/s1. The molecule has 15 heteroatoms. The molecule has 1 aliphatic heterocycles. The molecule has 0 aliphatic carbocycles. The van der Waals surface area contributed by atoms with Gasteiger partial charge in [-0.2, -0.15) is 0 Å². The van der Waals surface area contributed by atoms with E-state index >= 15 is 0 Å². The molecule has 15 nitrogen and oxygen atoms in total. The predicted octanol–water partition coefficient (Wildman–Crippen LogP) is -2.95. The maximum absolute atomic E-state index is 13.3. The Hall–Kier alpha value is -3.75. The zero-order valence-corrected chi connectivity index (χ0v) is 21.9. The van der Waals surface area contributed by atoms with Crippen molar-refractivity contribution in [3.05, 3.63) is 0 Å². The van der Waals surface area contributed by atoms with Crippen LogP contribution in [0.5, 0.6) is 0 Å². The van der Waals surface area contributed by atoms with E-state index in [1.807, 2.05) is 6.92 Å². The van der Waals surface area contributed by atoms with Gasteiger partial charge in [0.25, 0.3) is 0 Å². The molecule has 214 valence electrons. The van der Waals surface area contributed by atoms with Crippen molar-refractivity contribution in [3.63, 3.8) is 0 Å². The van der Waals surface area contributed by atoms with Crippen molar-refractivity contribution < 1.29 is 38.7 Å². The average Bonchev–Trinajstić information content (AvgIpc) is 3.34. The van der Waals surface area contributed by atoms with Gasteiger partial charge in [-0.25, -0.2) is 0 Å². The molecular formula is C23H39N7O8. The van der Waals surface area contributed by atoms with E-state index in [1.54, 1.807) is 6.92 Å². The lowest BCUT2D eigenvalue weighted by atomic mass is 9.98. The first-order valence-corrected chi connectivity index (χ1v) is 12.5. The molecule has 1 fully saturated rings. The molecule has 1 rings (SSSR count). The Morgan fingerprint density at radius 3 is 2.08 bits per heavy atom. The Labute approximate surface area is 220 Å². The highest BCUT2D eigenvalue weighted by molar-refractivity contribution is 5.97. The molecule has 0 spiro atoms. The van der Waals surface area contributed by atoms with E-state index in [9.17, 15) is 33.6 Å². The zero-order valence-electron chi connectivity index (χ0n) is 21.9. The van der Waals surface area contributed by atoms with E-state index in [-0.39, 0.29) is 31.7 Å². The molecule has 10 N–H and O–H groups in total. The van der Waals surface area contributed by atoms with Crippen molar-refractivity contribution in [3.8, 4) is 0 Å². The number of aliphatic carboxylic acids is 1. The Kier molecular flexibility index (Phi) is 12.6. The van der Waals surface area contributed by atoms with Crippen LogP contribution in [-0.2, 0) is 33.6 Å². The largest absolute Gasteiger partial charge is 0.480 e. The maximum Gasteiger partial charge on any atom is 0.325 e. The van der Waals surface area contributed by atoms with Crippen LogP contribution in [0.1, 0.15) is 59.3 Å². The van der Waals surface area contributed by atoms with Gasteiger partial charge in [0.05, 0.1) is 12.5 Å². The number of primary amides is 2. The molecule has 1 aliphatic rings. The van der Waals surface area contributed by atoms with Gasteiger partial charge < -0.3 is 43.2 Å². The van der Waals surface area contributed by atoms with Crippen LogP contribution in [0.4, 0.5) is 0 Å². The Balaban J connectivity index is 3.10. The van der Waals surface area contributed by atoms with Gasteiger partial charge in [-0.05, 0) is 32.1 Å². The van der Waals surface area contributed by atoms with E-state index in [0.29, 0.717) is 12.8 Å². The van der Waals surface area contributed by atoms with Crippen molar-refractivity contribution in [2.75, 3.05) is 6.54 Å². The molecule has 0 saturated carbocycles. The highest BCUT2D eigenvalue weighted by atomic mass is 16.4. The van der Waals surface area contributed by atoms with Gasteiger partial charge in [0.1, 0.15) is 24.2 Å². The summed E-state index contributed by atoms with van der Waals surface area (Å²) in [5.41, 5.74) is 16.4. The van der Waals surface area contributed by atoms with E-state index in [2.05, 4.69) is 16.0 Å². The van der Waals surface area contributed by atoms with Gasteiger partial charge >= 0.3 is 5.97 Å². The topological polar surface area (TPSA) is 257 Å². The number of nitrogens with two attached hydrogens (primary N) is 3. The molecule has 0 aromatic carbocycles. The number of nitrogens with zero attached hydrogens (tertiary/aromatic N) is 1. The van der Waals surface area contributed by atoms with Crippen LogP contribution in [0.2, 0.25) is 0 Å². The monoisotopic (exact) mass is 541 g/mol. The molecular weight excluding hydrogens is 502 g/mol. The second-order valence-electron chi connectivity index (χ2n) is 9.47. The molecule has 1 heterocycles. The number of likely N-dealkylation sites (tertiary alicyclic amines) is 1. The lowest BCUT2D eigenvalue weighted by Crippen LogP contribution is -2.59. The highest BCUT2D eigenvalue weighted by Gasteiger charge is 2.39. The number of hydrogen-bond donors (Lipinski definition) is 7. The van der Waals surface area contributed by atoms with Gasteiger partial charge in [-0.3, -0.25) is 33.6 Å². The molecule has 6 atom stereocenters. The average molecular weight is 542 g/mol. The summed E-state index contributed by atoms with van der Waals surface area (Å²) in [7, 11) is 0. The first-order chi connectivity index (χ1) is 17.7. The minimum absolute atomic E-state index is 0.120. The summed E-state index contributed by atoms with van der Waals surface area (Å²) >= 11 is 0. The second kappa shape index (κ2) is 14.9. The van der Waals surface area contributed by atoms with Gasteiger partial charge in [0.2, 0.25) is 35.4 Å². The smallest absolute Gasteiger partial charge is 0.325 e. The van der Waals surface area contributed by atoms with Crippen LogP contribution in [-0.4, -0.2) is 88.2 Å². The first kappa shape index (κ1) is 32.3. The fourth-order valence-corrected chi connectivity index (χ4v) is 3.88. The SMILES string of the molecule is CC[C@H](C)[C@H](N)C(=O)N[C@@H](CCC(N)=O)C(=O)N[C@@H](CC(N)=O)C(=O)N1CCC[C@H]1C(=O)N[C@@H](C)C(=O)O. The third kappa shape index (κ3) is 9.61. The third-order valence-electron chi connectivity index (χ3n) is 6.46. The van der Waals surface area contributed by atoms with Crippen LogP contribution in [0, 0.1) is 5.92 Å². The normalized spacial score (nSPS) is 18.8. The van der Waals surface area contributed by atoms with Gasteiger partial charge in [-0.15, -0.1) is 0 Å². The zero-order chi connectivity index (χ0) is 29.2. The fraction of sp³-hybridized carbons (Fsp3) is 0.696. The Morgan fingerprint density at radius 1 is 0.947 bits per heavy atom. The Bertz CT molecular complexity index is 927. The van der Waals surface area contributed by atoms with Crippen LogP contribution >= 0.6 is 0 Å². The molecule has 0 aromatic rings. The van der Waals surface area contributed by atoms with E-state index < -0.39 is 78.0 Å². The fourth-order valence-electron chi connectivity index (χ4n) is 3.88. The number of carboxylic acid groups (broad SMARTS) is 1. The number of rotatable bonds is 15. The number of carboxylic acids is 1. The summed E-state index contributed by atoms with van der Waals surface area (Å²) < 4.78 is 0. The van der Waals surface area contributed by atoms with Crippen molar-refractivity contribution in [1.29, 1.82) is 0 Å². The predicted molar refractivity (Wildman–Crippen MR) is 134 cm³/mol. The summed E-state index contributed by atoms with van der Waals surface area (Å²) in [5.74, 6) is -6.11. The van der Waals surface area contributed by atoms with Crippen LogP contribution in [0.3, 0.4) is 0 Å². The summed E-state index contributed by atoms with van der Waals surface area (Å²) in [6.45, 7) is 4.98. The highest BCUT2D eigenvalue weighted by Crippen LogP contribution is 2.20. The summed E-state index contributed by atoms with van der Waals surface area (Å²) in [6.07, 6.45) is 0.196. The van der Waals surface area contributed by atoms with Gasteiger partial charge in [-0.1, -0.05) is 20.3 Å². The van der Waals surface area contributed by atoms with Gasteiger partial charge in [0.15, 0.2) is 0 Å². The van der Waals surface area contributed by atoms with Crippen molar-refractivity contribution in [2.24, 2.45) is 23.1 Å². The molecule has 6 amide bonds. The quantitative estimate of drug-likeness (QED) is 0.112. The minimum Gasteiger partial charge on any atom is -0.480 e. The molecule has 0 unspecified atom stereocenters. The molecule has 0 aromatic heterocycles. The second-order valence-corrected chi connectivity index (χ2v) is 9.47. The summed E-state index contributed by atoms with van der Waals surface area (Å²) in [5, 5.41) is 16.2. The Morgan fingerprint density at radius 2 is 1.55 bits per heavy atom. The van der Waals surface area contributed by atoms with Crippen molar-refractivity contribution in [1.82, 2.24) is 20.9 Å². The van der Waals surface area contributed by atoms with Crippen molar-refractivity contribution in [2.45, 2.75) is 89.5 Å². The molecule has 38 heavy (non-hydrogen) atoms. The number of hydrogen-bond acceptors (Lipinski definition) is 8. The lowest BCUT2D eigenvalue weighted by Gasteiger charge is -2.30. The summed E-state index contributed by atoms with van der Waals surface area (Å²) in [4.78, 5) is 86.9. The number of amides is 6. The third-order valence-corrected chi connectivity index (χ3v) is 6.46. The number of carbonyl (C=O) groups excluding carboxylic acids is 6. The maximum atomic E-state index is 13.3. The molecule has 0 bridgehead atoms. The van der Waals surface area contributed by atoms with E-state index in [0.717, 1.165) is 4.90 Å². The van der Waals surface area contributed by atoms with Gasteiger partial charge in [0, 0.05) is 13.0 Å². The van der Waals surface area contributed by atoms with Crippen LogP contribution < -0.4 is 33.2 Å². The molecule has 0 radical (unpaired) electrons.